The number of ether oxygens (including phenoxy) is 1. The first kappa shape index (κ1) is 19.0. The lowest BCUT2D eigenvalue weighted by Crippen LogP contribution is -2.36. The van der Waals surface area contributed by atoms with Gasteiger partial charge in [0, 0.05) is 56.1 Å². The van der Waals surface area contributed by atoms with Gasteiger partial charge in [0.2, 0.25) is 5.95 Å². The number of nitrogens with zero attached hydrogens (tertiary/aromatic N) is 4. The zero-order chi connectivity index (χ0) is 20.1. The Morgan fingerprint density at radius 3 is 2.48 bits per heavy atom. The van der Waals surface area contributed by atoms with E-state index in [1.807, 2.05) is 32.3 Å². The topological polar surface area (TPSA) is 65.5 Å². The fourth-order valence-electron chi connectivity index (χ4n) is 3.20. The molecule has 3 aromatic rings. The number of benzene rings is 2. The molecule has 1 aromatic heterocycles. The summed E-state index contributed by atoms with van der Waals surface area (Å²) in [6, 6.07) is 18.4. The normalized spacial score (nSPS) is 13.8. The van der Waals surface area contributed by atoms with Gasteiger partial charge in [-0.1, -0.05) is 6.07 Å². The van der Waals surface area contributed by atoms with E-state index in [9.17, 15) is 0 Å². The van der Waals surface area contributed by atoms with E-state index >= 15 is 0 Å². The first-order chi connectivity index (χ1) is 14.2. The molecule has 1 saturated heterocycles. The van der Waals surface area contributed by atoms with Crippen molar-refractivity contribution in [3.05, 3.63) is 60.8 Å². The lowest BCUT2D eigenvalue weighted by molar-refractivity contribution is 0.122. The predicted molar refractivity (Wildman–Crippen MR) is 119 cm³/mol. The molecular weight excluding hydrogens is 364 g/mol. The highest BCUT2D eigenvalue weighted by atomic mass is 16.5. The molecule has 0 radical (unpaired) electrons. The maximum Gasteiger partial charge on any atom is 0.229 e. The highest BCUT2D eigenvalue weighted by Gasteiger charge is 2.11. The second-order valence-electron chi connectivity index (χ2n) is 7.11. The van der Waals surface area contributed by atoms with Crippen LogP contribution in [-0.4, -0.2) is 50.4 Å². The molecule has 4 rings (SSSR count). The van der Waals surface area contributed by atoms with Crippen LogP contribution in [0.3, 0.4) is 0 Å². The van der Waals surface area contributed by atoms with Crippen molar-refractivity contribution in [2.45, 2.75) is 0 Å². The van der Waals surface area contributed by atoms with E-state index in [0.29, 0.717) is 5.95 Å². The van der Waals surface area contributed by atoms with Gasteiger partial charge in [0.25, 0.3) is 0 Å². The standard InChI is InChI=1S/C22H26N6O/c1-27(2)20-5-3-4-18(16-20)25-22-23-11-10-21(26-22)24-17-6-8-19(9-7-17)28-12-14-29-15-13-28/h3-11,16H,12-15H2,1-2H3,(H2,23,24,25,26). The van der Waals surface area contributed by atoms with Gasteiger partial charge in [-0.25, -0.2) is 4.98 Å². The van der Waals surface area contributed by atoms with Gasteiger partial charge in [-0.3, -0.25) is 0 Å². The summed E-state index contributed by atoms with van der Waals surface area (Å²) in [6.07, 6.45) is 1.75. The first-order valence-corrected chi connectivity index (χ1v) is 9.75. The summed E-state index contributed by atoms with van der Waals surface area (Å²) in [6.45, 7) is 3.44. The van der Waals surface area contributed by atoms with Gasteiger partial charge in [0.05, 0.1) is 13.2 Å². The van der Waals surface area contributed by atoms with Crippen LogP contribution < -0.4 is 20.4 Å². The van der Waals surface area contributed by atoms with E-state index in [-0.39, 0.29) is 0 Å². The Hall–Kier alpha value is -3.32. The third-order valence-electron chi connectivity index (χ3n) is 4.79. The van der Waals surface area contributed by atoms with Crippen LogP contribution in [0.4, 0.5) is 34.5 Å². The Bertz CT molecular complexity index is 938. The Balaban J connectivity index is 1.43. The van der Waals surface area contributed by atoms with E-state index in [0.717, 1.165) is 49.2 Å². The van der Waals surface area contributed by atoms with Gasteiger partial charge in [0.15, 0.2) is 0 Å². The van der Waals surface area contributed by atoms with E-state index < -0.39 is 0 Å². The molecule has 0 unspecified atom stereocenters. The maximum atomic E-state index is 5.42. The molecule has 7 nitrogen and oxygen atoms in total. The molecule has 0 saturated carbocycles. The van der Waals surface area contributed by atoms with Crippen molar-refractivity contribution in [3.8, 4) is 0 Å². The lowest BCUT2D eigenvalue weighted by Gasteiger charge is -2.28. The first-order valence-electron chi connectivity index (χ1n) is 9.75. The second kappa shape index (κ2) is 8.79. The van der Waals surface area contributed by atoms with Crippen molar-refractivity contribution in [1.82, 2.24) is 9.97 Å². The van der Waals surface area contributed by atoms with E-state index in [2.05, 4.69) is 66.8 Å². The zero-order valence-electron chi connectivity index (χ0n) is 16.8. The van der Waals surface area contributed by atoms with Crippen molar-refractivity contribution < 1.29 is 4.74 Å². The summed E-state index contributed by atoms with van der Waals surface area (Å²) >= 11 is 0. The summed E-state index contributed by atoms with van der Waals surface area (Å²) in [5.74, 6) is 1.29. The number of aromatic nitrogens is 2. The predicted octanol–water partition coefficient (Wildman–Crippen LogP) is 3.87. The van der Waals surface area contributed by atoms with Crippen molar-refractivity contribution in [1.29, 1.82) is 0 Å². The zero-order valence-corrected chi connectivity index (χ0v) is 16.8. The van der Waals surface area contributed by atoms with Crippen LogP contribution in [0.2, 0.25) is 0 Å². The smallest absolute Gasteiger partial charge is 0.229 e. The third-order valence-corrected chi connectivity index (χ3v) is 4.79. The number of hydrogen-bond donors (Lipinski definition) is 2. The van der Waals surface area contributed by atoms with Crippen LogP contribution in [0.25, 0.3) is 0 Å². The van der Waals surface area contributed by atoms with Crippen LogP contribution >= 0.6 is 0 Å². The van der Waals surface area contributed by atoms with Gasteiger partial charge >= 0.3 is 0 Å². The highest BCUT2D eigenvalue weighted by Crippen LogP contribution is 2.23. The molecule has 2 N–H and O–H groups in total. The lowest BCUT2D eigenvalue weighted by atomic mass is 10.2. The van der Waals surface area contributed by atoms with Gasteiger partial charge in [-0.05, 0) is 48.5 Å². The Kier molecular flexibility index (Phi) is 5.76. The van der Waals surface area contributed by atoms with E-state index in [4.69, 9.17) is 4.74 Å². The number of rotatable bonds is 6. The minimum Gasteiger partial charge on any atom is -0.378 e. The quantitative estimate of drug-likeness (QED) is 0.662. The average Bonchev–Trinajstić information content (AvgIpc) is 2.75. The largest absolute Gasteiger partial charge is 0.378 e. The van der Waals surface area contributed by atoms with Crippen molar-refractivity contribution in [2.24, 2.45) is 0 Å². The molecule has 0 aliphatic carbocycles. The highest BCUT2D eigenvalue weighted by molar-refractivity contribution is 5.64. The molecule has 0 spiro atoms. The molecule has 2 aromatic carbocycles. The third kappa shape index (κ3) is 4.94. The summed E-state index contributed by atoms with van der Waals surface area (Å²) in [7, 11) is 4.04. The van der Waals surface area contributed by atoms with Crippen LogP contribution in [-0.2, 0) is 4.74 Å². The molecule has 29 heavy (non-hydrogen) atoms. The average molecular weight is 390 g/mol. The molecule has 1 aliphatic heterocycles. The molecule has 1 aliphatic rings. The van der Waals surface area contributed by atoms with Crippen molar-refractivity contribution in [2.75, 3.05) is 60.8 Å². The summed E-state index contributed by atoms with van der Waals surface area (Å²) in [4.78, 5) is 13.3. The van der Waals surface area contributed by atoms with Gasteiger partial charge in [0.1, 0.15) is 5.82 Å². The molecule has 0 atom stereocenters. The van der Waals surface area contributed by atoms with E-state index in [1.54, 1.807) is 6.20 Å². The maximum absolute atomic E-state index is 5.42. The SMILES string of the molecule is CN(C)c1cccc(Nc2nccc(Nc3ccc(N4CCOCC4)cc3)n2)c1. The number of nitrogens with one attached hydrogen (secondary N) is 2. The van der Waals surface area contributed by atoms with Crippen molar-refractivity contribution in [3.63, 3.8) is 0 Å². The number of morpholine rings is 1. The van der Waals surface area contributed by atoms with Crippen LogP contribution in [0.1, 0.15) is 0 Å². The fourth-order valence-corrected chi connectivity index (χ4v) is 3.20. The summed E-state index contributed by atoms with van der Waals surface area (Å²) in [5, 5.41) is 6.62. The van der Waals surface area contributed by atoms with Gasteiger partial charge in [-0.15, -0.1) is 0 Å². The molecule has 7 heteroatoms. The van der Waals surface area contributed by atoms with Crippen molar-refractivity contribution >= 4 is 34.5 Å². The van der Waals surface area contributed by atoms with Gasteiger partial charge < -0.3 is 25.2 Å². The fraction of sp³-hybridized carbons (Fsp3) is 0.273. The summed E-state index contributed by atoms with van der Waals surface area (Å²) in [5.41, 5.74) is 4.26. The van der Waals surface area contributed by atoms with E-state index in [1.165, 1.54) is 5.69 Å². The summed E-state index contributed by atoms with van der Waals surface area (Å²) < 4.78 is 5.42. The van der Waals surface area contributed by atoms with Gasteiger partial charge in [-0.2, -0.15) is 4.98 Å². The Labute approximate surface area is 171 Å². The second-order valence-corrected chi connectivity index (χ2v) is 7.11. The Morgan fingerprint density at radius 1 is 0.931 bits per heavy atom. The number of hydrogen-bond acceptors (Lipinski definition) is 7. The molecular formula is C22H26N6O. The molecule has 0 bridgehead atoms. The van der Waals surface area contributed by atoms with Crippen LogP contribution in [0, 0.1) is 0 Å². The monoisotopic (exact) mass is 390 g/mol. The molecule has 0 amide bonds. The minimum absolute atomic E-state index is 0.552. The van der Waals surface area contributed by atoms with Crippen LogP contribution in [0.5, 0.6) is 0 Å². The molecule has 2 heterocycles. The Morgan fingerprint density at radius 2 is 1.72 bits per heavy atom. The molecule has 150 valence electrons. The van der Waals surface area contributed by atoms with Crippen LogP contribution in [0.15, 0.2) is 60.8 Å². The molecule has 1 fully saturated rings. The minimum atomic E-state index is 0.552. The number of anilines is 6.